The number of rotatable bonds is 7. The Bertz CT molecular complexity index is 1070. The standard InChI is InChI=1S/C23H22N4O3S/c1-16-14-19(31-23-24-11-3-12-25-23)9-10-20(16)26-21(28)15-30-18-7-5-17(6-8-18)27-13-2-4-22(27)29/h3,5-12,14H,2,4,13,15H2,1H3,(H,26,28). The first-order valence-corrected chi connectivity index (χ1v) is 10.8. The van der Waals surface area contributed by atoms with Crippen LogP contribution >= 0.6 is 11.8 Å². The van der Waals surface area contributed by atoms with Crippen LogP contribution in [-0.4, -0.2) is 34.9 Å². The summed E-state index contributed by atoms with van der Waals surface area (Å²) < 4.78 is 5.59. The summed E-state index contributed by atoms with van der Waals surface area (Å²) in [7, 11) is 0. The number of nitrogens with zero attached hydrogens (tertiary/aromatic N) is 3. The first-order chi connectivity index (χ1) is 15.1. The molecular weight excluding hydrogens is 412 g/mol. The van der Waals surface area contributed by atoms with Gasteiger partial charge in [0.05, 0.1) is 0 Å². The fraction of sp³-hybridized carbons (Fsp3) is 0.217. The molecule has 1 aliphatic heterocycles. The molecule has 0 radical (unpaired) electrons. The molecule has 0 bridgehead atoms. The van der Waals surface area contributed by atoms with Crippen LogP contribution in [0.1, 0.15) is 18.4 Å². The van der Waals surface area contributed by atoms with Crippen LogP contribution in [0, 0.1) is 6.92 Å². The van der Waals surface area contributed by atoms with Crippen molar-refractivity contribution in [2.75, 3.05) is 23.4 Å². The topological polar surface area (TPSA) is 84.4 Å². The first-order valence-electron chi connectivity index (χ1n) is 9.97. The van der Waals surface area contributed by atoms with E-state index < -0.39 is 0 Å². The summed E-state index contributed by atoms with van der Waals surface area (Å²) in [5.41, 5.74) is 2.53. The van der Waals surface area contributed by atoms with Gasteiger partial charge in [-0.1, -0.05) is 0 Å². The molecule has 4 rings (SSSR count). The number of hydrogen-bond acceptors (Lipinski definition) is 6. The molecule has 0 unspecified atom stereocenters. The summed E-state index contributed by atoms with van der Waals surface area (Å²) in [6, 6.07) is 14.8. The van der Waals surface area contributed by atoms with E-state index in [1.54, 1.807) is 35.5 Å². The lowest BCUT2D eigenvalue weighted by atomic mass is 10.2. The Morgan fingerprint density at radius 1 is 1.16 bits per heavy atom. The zero-order valence-corrected chi connectivity index (χ0v) is 17.9. The Labute approximate surface area is 184 Å². The van der Waals surface area contributed by atoms with Crippen LogP contribution in [-0.2, 0) is 9.59 Å². The quantitative estimate of drug-likeness (QED) is 0.564. The lowest BCUT2D eigenvalue weighted by Gasteiger charge is -2.16. The van der Waals surface area contributed by atoms with E-state index in [1.165, 1.54) is 11.8 Å². The summed E-state index contributed by atoms with van der Waals surface area (Å²) in [5.74, 6) is 0.481. The third-order valence-corrected chi connectivity index (χ3v) is 5.70. The van der Waals surface area contributed by atoms with Gasteiger partial charge in [-0.25, -0.2) is 9.97 Å². The molecule has 1 N–H and O–H groups in total. The highest BCUT2D eigenvalue weighted by Crippen LogP contribution is 2.28. The van der Waals surface area contributed by atoms with E-state index in [-0.39, 0.29) is 18.4 Å². The van der Waals surface area contributed by atoms with E-state index in [0.717, 1.165) is 34.8 Å². The summed E-state index contributed by atoms with van der Waals surface area (Å²) in [6.07, 6.45) is 4.89. The second kappa shape index (κ2) is 9.61. The summed E-state index contributed by atoms with van der Waals surface area (Å²) >= 11 is 1.46. The molecule has 2 heterocycles. The smallest absolute Gasteiger partial charge is 0.262 e. The Morgan fingerprint density at radius 2 is 1.94 bits per heavy atom. The maximum atomic E-state index is 12.3. The highest BCUT2D eigenvalue weighted by molar-refractivity contribution is 7.99. The van der Waals surface area contributed by atoms with Crippen LogP contribution in [0.3, 0.4) is 0 Å². The van der Waals surface area contributed by atoms with Gasteiger partial charge in [0.25, 0.3) is 5.91 Å². The predicted octanol–water partition coefficient (Wildman–Crippen LogP) is 4.08. The van der Waals surface area contributed by atoms with Crippen molar-refractivity contribution in [3.63, 3.8) is 0 Å². The number of aryl methyl sites for hydroxylation is 1. The summed E-state index contributed by atoms with van der Waals surface area (Å²) in [6.45, 7) is 2.58. The molecule has 158 valence electrons. The van der Waals surface area contributed by atoms with Crippen LogP contribution in [0.25, 0.3) is 0 Å². The minimum atomic E-state index is -0.242. The predicted molar refractivity (Wildman–Crippen MR) is 119 cm³/mol. The molecule has 8 heteroatoms. The van der Waals surface area contributed by atoms with E-state index in [0.29, 0.717) is 17.3 Å². The maximum absolute atomic E-state index is 12.3. The van der Waals surface area contributed by atoms with Crippen LogP contribution in [0.5, 0.6) is 5.75 Å². The van der Waals surface area contributed by atoms with Gasteiger partial charge in [0, 0.05) is 41.6 Å². The van der Waals surface area contributed by atoms with Gasteiger partial charge >= 0.3 is 0 Å². The number of hydrogen-bond donors (Lipinski definition) is 1. The van der Waals surface area contributed by atoms with E-state index >= 15 is 0 Å². The molecule has 1 saturated heterocycles. The third kappa shape index (κ3) is 5.40. The second-order valence-corrected chi connectivity index (χ2v) is 8.13. The zero-order valence-electron chi connectivity index (χ0n) is 17.1. The molecule has 0 atom stereocenters. The number of nitrogens with one attached hydrogen (secondary N) is 1. The highest BCUT2D eigenvalue weighted by Gasteiger charge is 2.21. The Kier molecular flexibility index (Phi) is 6.47. The van der Waals surface area contributed by atoms with Crippen molar-refractivity contribution < 1.29 is 14.3 Å². The normalized spacial score (nSPS) is 13.3. The number of amides is 2. The molecule has 0 spiro atoms. The molecule has 2 amide bonds. The molecule has 31 heavy (non-hydrogen) atoms. The van der Waals surface area contributed by atoms with Crippen molar-refractivity contribution in [2.24, 2.45) is 0 Å². The van der Waals surface area contributed by atoms with E-state index in [1.807, 2.05) is 37.3 Å². The number of anilines is 2. The van der Waals surface area contributed by atoms with Gasteiger partial charge in [-0.15, -0.1) is 0 Å². The molecular formula is C23H22N4O3S. The van der Waals surface area contributed by atoms with Crippen molar-refractivity contribution in [1.82, 2.24) is 9.97 Å². The number of carbonyl (C=O) groups is 2. The zero-order chi connectivity index (χ0) is 21.6. The monoisotopic (exact) mass is 434 g/mol. The van der Waals surface area contributed by atoms with Crippen molar-refractivity contribution in [3.05, 3.63) is 66.5 Å². The van der Waals surface area contributed by atoms with Crippen LogP contribution in [0.4, 0.5) is 11.4 Å². The van der Waals surface area contributed by atoms with Crippen LogP contribution in [0.2, 0.25) is 0 Å². The number of benzene rings is 2. The molecule has 7 nitrogen and oxygen atoms in total. The van der Waals surface area contributed by atoms with Crippen molar-refractivity contribution in [1.29, 1.82) is 0 Å². The van der Waals surface area contributed by atoms with Gasteiger partial charge in [0.1, 0.15) is 5.75 Å². The van der Waals surface area contributed by atoms with Gasteiger partial charge in [0.2, 0.25) is 5.91 Å². The second-order valence-electron chi connectivity index (χ2n) is 7.09. The molecule has 2 aromatic carbocycles. The summed E-state index contributed by atoms with van der Waals surface area (Å²) in [5, 5.41) is 3.55. The van der Waals surface area contributed by atoms with Crippen LogP contribution < -0.4 is 15.0 Å². The Balaban J connectivity index is 1.30. The minimum Gasteiger partial charge on any atom is -0.484 e. The number of ether oxygens (including phenoxy) is 1. The number of aromatic nitrogens is 2. The van der Waals surface area contributed by atoms with Gasteiger partial charge in [-0.05, 0) is 79.2 Å². The fourth-order valence-electron chi connectivity index (χ4n) is 3.26. The molecule has 0 aliphatic carbocycles. The van der Waals surface area contributed by atoms with E-state index in [2.05, 4.69) is 15.3 Å². The van der Waals surface area contributed by atoms with E-state index in [4.69, 9.17) is 4.74 Å². The maximum Gasteiger partial charge on any atom is 0.262 e. The van der Waals surface area contributed by atoms with Crippen molar-refractivity contribution in [2.45, 2.75) is 29.8 Å². The van der Waals surface area contributed by atoms with E-state index in [9.17, 15) is 9.59 Å². The average Bonchev–Trinajstić information content (AvgIpc) is 3.21. The minimum absolute atomic E-state index is 0.101. The average molecular weight is 435 g/mol. The van der Waals surface area contributed by atoms with Gasteiger partial charge in [-0.3, -0.25) is 9.59 Å². The van der Waals surface area contributed by atoms with Gasteiger partial charge in [-0.2, -0.15) is 0 Å². The first kappa shape index (κ1) is 20.9. The van der Waals surface area contributed by atoms with Gasteiger partial charge < -0.3 is 15.0 Å². The molecule has 1 aliphatic rings. The molecule has 0 saturated carbocycles. The van der Waals surface area contributed by atoms with Crippen molar-refractivity contribution >= 4 is 35.0 Å². The largest absolute Gasteiger partial charge is 0.484 e. The van der Waals surface area contributed by atoms with Crippen LogP contribution in [0.15, 0.2) is 71.0 Å². The highest BCUT2D eigenvalue weighted by atomic mass is 32.2. The molecule has 1 aromatic heterocycles. The molecule has 3 aromatic rings. The lowest BCUT2D eigenvalue weighted by molar-refractivity contribution is -0.118. The third-order valence-electron chi connectivity index (χ3n) is 4.81. The Hall–Kier alpha value is -3.39. The molecule has 1 fully saturated rings. The fourth-order valence-corrected chi connectivity index (χ4v) is 4.07. The number of carbonyl (C=O) groups excluding carboxylic acids is 2. The SMILES string of the molecule is Cc1cc(Sc2ncccn2)ccc1NC(=O)COc1ccc(N2CCCC2=O)cc1. The van der Waals surface area contributed by atoms with Gasteiger partial charge in [0.15, 0.2) is 11.8 Å². The lowest BCUT2D eigenvalue weighted by Crippen LogP contribution is -2.23. The van der Waals surface area contributed by atoms with Crippen molar-refractivity contribution in [3.8, 4) is 5.75 Å². The Morgan fingerprint density at radius 3 is 2.61 bits per heavy atom. The summed E-state index contributed by atoms with van der Waals surface area (Å²) in [4.78, 5) is 35.3.